The van der Waals surface area contributed by atoms with Gasteiger partial charge in [-0.3, -0.25) is 0 Å². The second-order valence-corrected chi connectivity index (χ2v) is 7.24. The Hall–Kier alpha value is -1.09. The zero-order chi connectivity index (χ0) is 12.5. The van der Waals surface area contributed by atoms with Crippen LogP contribution in [0.5, 0.6) is 0 Å². The maximum atomic E-state index is 12.7. The van der Waals surface area contributed by atoms with Crippen molar-refractivity contribution in [3.8, 4) is 0 Å². The maximum absolute atomic E-state index is 12.7. The summed E-state index contributed by atoms with van der Waals surface area (Å²) in [5.74, 6) is 0.151. The first-order chi connectivity index (χ1) is 7.98. The van der Waals surface area contributed by atoms with Gasteiger partial charge in [-0.1, -0.05) is 37.3 Å². The minimum absolute atomic E-state index is 0.151. The number of hydrogen-bond donors (Lipinski definition) is 0. The van der Waals surface area contributed by atoms with E-state index in [0.717, 1.165) is 12.8 Å². The molecule has 0 radical (unpaired) electrons. The molecule has 1 aliphatic rings. The SMILES string of the molecule is CC1CCC=CC1(C)S(=O)(=O)c1ccccc1. The Morgan fingerprint density at radius 3 is 2.47 bits per heavy atom. The highest BCUT2D eigenvalue weighted by atomic mass is 32.2. The van der Waals surface area contributed by atoms with Gasteiger partial charge in [0.2, 0.25) is 0 Å². The molecule has 0 heterocycles. The van der Waals surface area contributed by atoms with Crippen LogP contribution in [0.2, 0.25) is 0 Å². The monoisotopic (exact) mass is 250 g/mol. The van der Waals surface area contributed by atoms with Crippen molar-refractivity contribution in [2.75, 3.05) is 0 Å². The molecule has 92 valence electrons. The summed E-state index contributed by atoms with van der Waals surface area (Å²) in [7, 11) is -3.30. The van der Waals surface area contributed by atoms with Crippen molar-refractivity contribution in [1.82, 2.24) is 0 Å². The molecule has 0 amide bonds. The van der Waals surface area contributed by atoms with Crippen LogP contribution in [0, 0.1) is 5.92 Å². The molecule has 1 aromatic carbocycles. The van der Waals surface area contributed by atoms with Crippen LogP contribution < -0.4 is 0 Å². The van der Waals surface area contributed by atoms with Gasteiger partial charge in [0.15, 0.2) is 9.84 Å². The second kappa shape index (κ2) is 4.30. The molecule has 1 aliphatic carbocycles. The van der Waals surface area contributed by atoms with E-state index < -0.39 is 14.6 Å². The van der Waals surface area contributed by atoms with Crippen LogP contribution in [0.1, 0.15) is 26.7 Å². The number of benzene rings is 1. The lowest BCUT2D eigenvalue weighted by Crippen LogP contribution is -2.41. The van der Waals surface area contributed by atoms with Gasteiger partial charge in [0.05, 0.1) is 9.64 Å². The molecule has 0 bridgehead atoms. The van der Waals surface area contributed by atoms with E-state index in [4.69, 9.17) is 0 Å². The van der Waals surface area contributed by atoms with Gasteiger partial charge in [0.25, 0.3) is 0 Å². The van der Waals surface area contributed by atoms with Gasteiger partial charge in [-0.15, -0.1) is 0 Å². The summed E-state index contributed by atoms with van der Waals surface area (Å²) in [5.41, 5.74) is 0. The van der Waals surface area contributed by atoms with Gasteiger partial charge in [0, 0.05) is 0 Å². The first kappa shape index (κ1) is 12.4. The van der Waals surface area contributed by atoms with Crippen molar-refractivity contribution in [1.29, 1.82) is 0 Å². The minimum atomic E-state index is -3.30. The van der Waals surface area contributed by atoms with Gasteiger partial charge in [0.1, 0.15) is 0 Å². The molecule has 0 fully saturated rings. The van der Waals surface area contributed by atoms with Crippen molar-refractivity contribution in [2.45, 2.75) is 36.3 Å². The molecule has 0 aliphatic heterocycles. The molecular formula is C14H18O2S. The van der Waals surface area contributed by atoms with Gasteiger partial charge >= 0.3 is 0 Å². The van der Waals surface area contributed by atoms with E-state index in [1.165, 1.54) is 0 Å². The van der Waals surface area contributed by atoms with E-state index in [2.05, 4.69) is 0 Å². The summed E-state index contributed by atoms with van der Waals surface area (Å²) in [6.45, 7) is 3.85. The molecule has 0 N–H and O–H groups in total. The third-order valence-corrected chi connectivity index (χ3v) is 6.42. The quantitative estimate of drug-likeness (QED) is 0.755. The lowest BCUT2D eigenvalue weighted by atomic mass is 9.86. The second-order valence-electron chi connectivity index (χ2n) is 4.88. The van der Waals surface area contributed by atoms with Crippen LogP contribution in [0.4, 0.5) is 0 Å². The minimum Gasteiger partial charge on any atom is -0.223 e. The summed E-state index contributed by atoms with van der Waals surface area (Å²) >= 11 is 0. The van der Waals surface area contributed by atoms with E-state index in [1.807, 2.05) is 32.1 Å². The average molecular weight is 250 g/mol. The molecule has 2 unspecified atom stereocenters. The van der Waals surface area contributed by atoms with E-state index in [0.29, 0.717) is 4.90 Å². The third kappa shape index (κ3) is 1.93. The largest absolute Gasteiger partial charge is 0.223 e. The maximum Gasteiger partial charge on any atom is 0.187 e. The van der Waals surface area contributed by atoms with Gasteiger partial charge in [-0.05, 0) is 37.8 Å². The number of hydrogen-bond acceptors (Lipinski definition) is 2. The average Bonchev–Trinajstić information content (AvgIpc) is 2.34. The molecule has 3 heteroatoms. The summed E-state index contributed by atoms with van der Waals surface area (Å²) in [6, 6.07) is 8.73. The van der Waals surface area contributed by atoms with Crippen LogP contribution in [0.3, 0.4) is 0 Å². The van der Waals surface area contributed by atoms with Crippen LogP contribution in [-0.2, 0) is 9.84 Å². The Labute approximate surface area is 103 Å². The van der Waals surface area contributed by atoms with Crippen molar-refractivity contribution in [3.05, 3.63) is 42.5 Å². The third-order valence-electron chi connectivity index (χ3n) is 3.83. The van der Waals surface area contributed by atoms with Gasteiger partial charge in [-0.25, -0.2) is 8.42 Å². The van der Waals surface area contributed by atoms with E-state index in [-0.39, 0.29) is 5.92 Å². The Kier molecular flexibility index (Phi) is 3.13. The van der Waals surface area contributed by atoms with Crippen LogP contribution in [0.25, 0.3) is 0 Å². The van der Waals surface area contributed by atoms with Crippen molar-refractivity contribution >= 4 is 9.84 Å². The molecule has 0 saturated carbocycles. The van der Waals surface area contributed by atoms with Crippen molar-refractivity contribution < 1.29 is 8.42 Å². The topological polar surface area (TPSA) is 34.1 Å². The van der Waals surface area contributed by atoms with Crippen LogP contribution >= 0.6 is 0 Å². The Morgan fingerprint density at radius 1 is 1.24 bits per heavy atom. The molecule has 2 atom stereocenters. The normalized spacial score (nSPS) is 29.2. The first-order valence-electron chi connectivity index (χ1n) is 5.96. The van der Waals surface area contributed by atoms with E-state index in [9.17, 15) is 8.42 Å². The highest BCUT2D eigenvalue weighted by Crippen LogP contribution is 2.38. The fourth-order valence-corrected chi connectivity index (χ4v) is 4.27. The zero-order valence-electron chi connectivity index (χ0n) is 10.3. The molecule has 1 aromatic rings. The number of rotatable bonds is 2. The fourth-order valence-electron chi connectivity index (χ4n) is 2.32. The highest BCUT2D eigenvalue weighted by molar-refractivity contribution is 7.93. The molecule has 17 heavy (non-hydrogen) atoms. The Morgan fingerprint density at radius 2 is 1.88 bits per heavy atom. The predicted molar refractivity (Wildman–Crippen MR) is 69.6 cm³/mol. The smallest absolute Gasteiger partial charge is 0.187 e. The Bertz CT molecular complexity index is 516. The zero-order valence-corrected chi connectivity index (χ0v) is 11.1. The first-order valence-corrected chi connectivity index (χ1v) is 7.44. The molecule has 0 aromatic heterocycles. The van der Waals surface area contributed by atoms with Gasteiger partial charge in [-0.2, -0.15) is 0 Å². The lowest BCUT2D eigenvalue weighted by molar-refractivity contribution is 0.419. The summed E-state index contributed by atoms with van der Waals surface area (Å²) in [5, 5.41) is 0. The summed E-state index contributed by atoms with van der Waals surface area (Å²) in [4.78, 5) is 0.418. The molecule has 0 saturated heterocycles. The van der Waals surface area contributed by atoms with E-state index in [1.54, 1.807) is 24.3 Å². The standard InChI is InChI=1S/C14H18O2S/c1-12-8-6-7-11-14(12,2)17(15,16)13-9-4-3-5-10-13/h3-5,7,9-12H,6,8H2,1-2H3. The highest BCUT2D eigenvalue weighted by Gasteiger charge is 2.43. The number of allylic oxidation sites excluding steroid dienone is 1. The van der Waals surface area contributed by atoms with Crippen LogP contribution in [-0.4, -0.2) is 13.2 Å². The van der Waals surface area contributed by atoms with Gasteiger partial charge < -0.3 is 0 Å². The lowest BCUT2D eigenvalue weighted by Gasteiger charge is -2.35. The molecular weight excluding hydrogens is 232 g/mol. The fraction of sp³-hybridized carbons (Fsp3) is 0.429. The molecule has 0 spiro atoms. The predicted octanol–water partition coefficient (Wildman–Crippen LogP) is 3.21. The summed E-state index contributed by atoms with van der Waals surface area (Å²) < 4.78 is 24.6. The Balaban J connectivity index is 2.53. The summed E-state index contributed by atoms with van der Waals surface area (Å²) in [6.07, 6.45) is 5.75. The molecule has 2 rings (SSSR count). The molecule has 2 nitrogen and oxygen atoms in total. The van der Waals surface area contributed by atoms with Crippen molar-refractivity contribution in [3.63, 3.8) is 0 Å². The number of sulfone groups is 1. The van der Waals surface area contributed by atoms with Crippen molar-refractivity contribution in [2.24, 2.45) is 5.92 Å². The van der Waals surface area contributed by atoms with Crippen LogP contribution in [0.15, 0.2) is 47.4 Å². The van der Waals surface area contributed by atoms with E-state index >= 15 is 0 Å².